The minimum atomic E-state index is -1.07. The number of amides is 1. The highest BCUT2D eigenvalue weighted by Crippen LogP contribution is 2.36. The summed E-state index contributed by atoms with van der Waals surface area (Å²) in [4.78, 5) is 25.4. The van der Waals surface area contributed by atoms with Gasteiger partial charge in [-0.05, 0) is 38.5 Å². The second kappa shape index (κ2) is 5.77. The number of benzene rings is 1. The Hall–Kier alpha value is -1.40. The molecule has 1 aromatic carbocycles. The van der Waals surface area contributed by atoms with Crippen molar-refractivity contribution in [3.8, 4) is 0 Å². The van der Waals surface area contributed by atoms with E-state index in [2.05, 4.69) is 15.9 Å². The lowest BCUT2D eigenvalue weighted by molar-refractivity contribution is -0.179. The normalized spacial score (nSPS) is 23.2. The molecule has 5 nitrogen and oxygen atoms in total. The van der Waals surface area contributed by atoms with Gasteiger partial charge in [-0.25, -0.2) is 4.79 Å². The van der Waals surface area contributed by atoms with E-state index < -0.39 is 23.7 Å². The average Bonchev–Trinajstić information content (AvgIpc) is 2.37. The van der Waals surface area contributed by atoms with Crippen LogP contribution in [-0.2, 0) is 14.3 Å². The summed E-state index contributed by atoms with van der Waals surface area (Å²) < 4.78 is 6.16. The largest absolute Gasteiger partial charge is 0.479 e. The first-order valence-corrected chi connectivity index (χ1v) is 7.43. The van der Waals surface area contributed by atoms with Crippen molar-refractivity contribution < 1.29 is 19.4 Å². The van der Waals surface area contributed by atoms with Gasteiger partial charge in [0.25, 0.3) is 0 Å². The van der Waals surface area contributed by atoms with Crippen LogP contribution in [0.1, 0.15) is 32.4 Å². The predicted molar refractivity (Wildman–Crippen MR) is 80.9 cm³/mol. The van der Waals surface area contributed by atoms with Crippen molar-refractivity contribution in [1.82, 2.24) is 4.90 Å². The molecule has 0 bridgehead atoms. The number of hydrogen-bond acceptors (Lipinski definition) is 3. The van der Waals surface area contributed by atoms with E-state index in [0.29, 0.717) is 0 Å². The van der Waals surface area contributed by atoms with Crippen LogP contribution in [0.5, 0.6) is 0 Å². The van der Waals surface area contributed by atoms with E-state index in [-0.39, 0.29) is 12.5 Å². The molecule has 1 fully saturated rings. The van der Waals surface area contributed by atoms with E-state index in [1.165, 1.54) is 0 Å². The lowest BCUT2D eigenvalue weighted by Gasteiger charge is -2.46. The molecule has 114 valence electrons. The van der Waals surface area contributed by atoms with Crippen molar-refractivity contribution in [1.29, 1.82) is 0 Å². The Bertz CT molecular complexity index is 550. The summed E-state index contributed by atoms with van der Waals surface area (Å²) in [5, 5.41) is 9.42. The highest BCUT2D eigenvalue weighted by molar-refractivity contribution is 9.10. The number of morpholine rings is 1. The van der Waals surface area contributed by atoms with Crippen molar-refractivity contribution in [3.63, 3.8) is 0 Å². The molecule has 1 N–H and O–H groups in total. The van der Waals surface area contributed by atoms with Gasteiger partial charge in [0.1, 0.15) is 6.61 Å². The molecule has 1 aliphatic rings. The summed E-state index contributed by atoms with van der Waals surface area (Å²) in [5.41, 5.74) is 0.250. The number of aliphatic carboxylic acids is 1. The lowest BCUT2D eigenvalue weighted by atomic mass is 9.92. The minimum Gasteiger partial charge on any atom is -0.479 e. The van der Waals surface area contributed by atoms with Gasteiger partial charge >= 0.3 is 5.97 Å². The summed E-state index contributed by atoms with van der Waals surface area (Å²) in [7, 11) is 0. The second-order valence-corrected chi connectivity index (χ2v) is 6.92. The molecule has 2 rings (SSSR count). The minimum absolute atomic E-state index is 0.201. The van der Waals surface area contributed by atoms with Gasteiger partial charge in [-0.2, -0.15) is 0 Å². The topological polar surface area (TPSA) is 66.8 Å². The summed E-state index contributed by atoms with van der Waals surface area (Å²) in [6, 6.07) is 6.64. The Balaban J connectivity index is 2.51. The molecule has 2 atom stereocenters. The zero-order valence-corrected chi connectivity index (χ0v) is 13.8. The first kappa shape index (κ1) is 16.0. The van der Waals surface area contributed by atoms with E-state index in [1.54, 1.807) is 4.90 Å². The maximum atomic E-state index is 12.3. The van der Waals surface area contributed by atoms with Gasteiger partial charge in [0.05, 0.1) is 6.04 Å². The molecule has 1 saturated heterocycles. The van der Waals surface area contributed by atoms with Gasteiger partial charge in [-0.3, -0.25) is 4.79 Å². The molecule has 1 aliphatic heterocycles. The first-order chi connectivity index (χ1) is 9.71. The van der Waals surface area contributed by atoms with Crippen molar-refractivity contribution >= 4 is 27.8 Å². The van der Waals surface area contributed by atoms with E-state index in [0.717, 1.165) is 10.0 Å². The molecule has 2 unspecified atom stereocenters. The Morgan fingerprint density at radius 2 is 1.90 bits per heavy atom. The van der Waals surface area contributed by atoms with Crippen LogP contribution in [0.3, 0.4) is 0 Å². The Labute approximate surface area is 132 Å². The van der Waals surface area contributed by atoms with E-state index in [1.807, 2.05) is 45.0 Å². The SMILES string of the molecule is CC(C)(C)N1C(=O)COC(C(=O)O)C1c1ccc(Br)cc1. The third-order valence-electron chi connectivity index (χ3n) is 3.40. The molecule has 1 heterocycles. The molecule has 0 saturated carbocycles. The molecule has 0 aromatic heterocycles. The van der Waals surface area contributed by atoms with Crippen LogP contribution in [-0.4, -0.2) is 40.1 Å². The molecule has 1 amide bonds. The van der Waals surface area contributed by atoms with Gasteiger partial charge < -0.3 is 14.7 Å². The molecule has 21 heavy (non-hydrogen) atoms. The number of carboxylic acids is 1. The van der Waals surface area contributed by atoms with Crippen LogP contribution < -0.4 is 0 Å². The van der Waals surface area contributed by atoms with Crippen LogP contribution in [0.2, 0.25) is 0 Å². The van der Waals surface area contributed by atoms with Crippen molar-refractivity contribution in [2.45, 2.75) is 38.5 Å². The van der Waals surface area contributed by atoms with Gasteiger partial charge in [0.15, 0.2) is 6.10 Å². The van der Waals surface area contributed by atoms with Gasteiger partial charge in [-0.15, -0.1) is 0 Å². The monoisotopic (exact) mass is 355 g/mol. The van der Waals surface area contributed by atoms with Gasteiger partial charge in [0, 0.05) is 10.0 Å². The van der Waals surface area contributed by atoms with Crippen molar-refractivity contribution in [2.75, 3.05) is 6.61 Å². The molecule has 1 aromatic rings. The first-order valence-electron chi connectivity index (χ1n) is 6.64. The smallest absolute Gasteiger partial charge is 0.335 e. The number of ether oxygens (including phenoxy) is 1. The molecular weight excluding hydrogens is 338 g/mol. The third kappa shape index (κ3) is 3.27. The summed E-state index contributed by atoms with van der Waals surface area (Å²) in [6.45, 7) is 5.46. The number of carboxylic acid groups (broad SMARTS) is 1. The van der Waals surface area contributed by atoms with E-state index in [4.69, 9.17) is 4.74 Å². The highest BCUT2D eigenvalue weighted by atomic mass is 79.9. The molecular formula is C15H18BrNO4. The van der Waals surface area contributed by atoms with Crippen LogP contribution in [0.25, 0.3) is 0 Å². The highest BCUT2D eigenvalue weighted by Gasteiger charge is 2.45. The van der Waals surface area contributed by atoms with Gasteiger partial charge in [-0.1, -0.05) is 28.1 Å². The zero-order chi connectivity index (χ0) is 15.8. The number of rotatable bonds is 2. The second-order valence-electron chi connectivity index (χ2n) is 6.00. The number of hydrogen-bond donors (Lipinski definition) is 1. The maximum absolute atomic E-state index is 12.3. The predicted octanol–water partition coefficient (Wildman–Crippen LogP) is 2.60. The number of carbonyl (C=O) groups is 2. The lowest BCUT2D eigenvalue weighted by Crippen LogP contribution is -2.58. The van der Waals surface area contributed by atoms with E-state index >= 15 is 0 Å². The van der Waals surface area contributed by atoms with Gasteiger partial charge in [0.2, 0.25) is 5.91 Å². The molecule has 0 aliphatic carbocycles. The number of carbonyl (C=O) groups excluding carboxylic acids is 1. The summed E-state index contributed by atoms with van der Waals surface area (Å²) in [6.07, 6.45) is -1.07. The van der Waals surface area contributed by atoms with Crippen molar-refractivity contribution in [2.24, 2.45) is 0 Å². The standard InChI is InChI=1S/C15H18BrNO4/c1-15(2,3)17-11(18)8-21-13(14(19)20)12(17)9-4-6-10(16)7-5-9/h4-7,12-13H,8H2,1-3H3,(H,19,20). The van der Waals surface area contributed by atoms with Crippen LogP contribution in [0.4, 0.5) is 0 Å². The molecule has 0 spiro atoms. The third-order valence-corrected chi connectivity index (χ3v) is 3.93. The van der Waals surface area contributed by atoms with Crippen LogP contribution >= 0.6 is 15.9 Å². The Morgan fingerprint density at radius 1 is 1.33 bits per heavy atom. The van der Waals surface area contributed by atoms with Crippen LogP contribution in [0.15, 0.2) is 28.7 Å². The fraction of sp³-hybridized carbons (Fsp3) is 0.467. The summed E-state index contributed by atoms with van der Waals surface area (Å²) in [5.74, 6) is -1.27. The molecule has 6 heteroatoms. The van der Waals surface area contributed by atoms with Crippen LogP contribution in [0, 0.1) is 0 Å². The van der Waals surface area contributed by atoms with Crippen molar-refractivity contribution in [3.05, 3.63) is 34.3 Å². The maximum Gasteiger partial charge on any atom is 0.335 e. The zero-order valence-electron chi connectivity index (χ0n) is 12.2. The number of nitrogens with zero attached hydrogens (tertiary/aromatic N) is 1. The summed E-state index contributed by atoms with van der Waals surface area (Å²) >= 11 is 3.35. The Kier molecular flexibility index (Phi) is 4.39. The average molecular weight is 356 g/mol. The van der Waals surface area contributed by atoms with E-state index in [9.17, 15) is 14.7 Å². The Morgan fingerprint density at radius 3 is 2.38 bits per heavy atom. The number of halogens is 1. The quantitative estimate of drug-likeness (QED) is 0.885. The molecule has 0 radical (unpaired) electrons. The fourth-order valence-corrected chi connectivity index (χ4v) is 2.86. The fourth-order valence-electron chi connectivity index (χ4n) is 2.59.